The first-order valence-electron chi connectivity index (χ1n) is 4.38. The van der Waals surface area contributed by atoms with Crippen LogP contribution in [0.15, 0.2) is 11.2 Å². The van der Waals surface area contributed by atoms with E-state index in [9.17, 15) is 21.6 Å². The molecule has 0 aliphatic rings. The van der Waals surface area contributed by atoms with Crippen molar-refractivity contribution in [3.8, 4) is 11.5 Å². The summed E-state index contributed by atoms with van der Waals surface area (Å²) in [5.41, 5.74) is -0.165. The van der Waals surface area contributed by atoms with Gasteiger partial charge in [0.2, 0.25) is 0 Å². The molecular formula is C8H9F3N2O4S. The molecule has 1 aromatic rings. The quantitative estimate of drug-likeness (QED) is 0.893. The van der Waals surface area contributed by atoms with Gasteiger partial charge in [0.25, 0.3) is 10.0 Å². The third kappa shape index (κ3) is 3.23. The van der Waals surface area contributed by atoms with Crippen molar-refractivity contribution in [2.75, 3.05) is 7.11 Å². The molecule has 2 N–H and O–H groups in total. The maximum atomic E-state index is 12.1. The summed E-state index contributed by atoms with van der Waals surface area (Å²) in [7, 11) is -3.09. The summed E-state index contributed by atoms with van der Waals surface area (Å²) < 4.78 is 66.8. The van der Waals surface area contributed by atoms with E-state index in [1.807, 2.05) is 0 Å². The van der Waals surface area contributed by atoms with Crippen molar-refractivity contribution < 1.29 is 31.1 Å². The molecule has 102 valence electrons. The molecule has 0 saturated carbocycles. The van der Waals surface area contributed by atoms with Crippen LogP contribution in [0.5, 0.6) is 11.5 Å². The molecule has 0 aliphatic heterocycles. The summed E-state index contributed by atoms with van der Waals surface area (Å²) in [4.78, 5) is 3.32. The Morgan fingerprint density at radius 1 is 1.39 bits per heavy atom. The molecule has 0 fully saturated rings. The standard InChI is InChI=1S/C8H9F3N2O4S/c1-4-6(16-2)5(17-8(9,10)11)3-13-7(4)18(12,14)15/h3H,1-2H3,(H2,12,14,15). The van der Waals surface area contributed by atoms with Gasteiger partial charge in [0.1, 0.15) is 0 Å². The van der Waals surface area contributed by atoms with Gasteiger partial charge in [0.15, 0.2) is 16.5 Å². The van der Waals surface area contributed by atoms with Gasteiger partial charge in [-0.3, -0.25) is 0 Å². The van der Waals surface area contributed by atoms with Crippen LogP contribution in [0.4, 0.5) is 13.2 Å². The summed E-state index contributed by atoms with van der Waals surface area (Å²) in [5, 5.41) is 4.27. The third-order valence-corrected chi connectivity index (χ3v) is 2.83. The molecule has 6 nitrogen and oxygen atoms in total. The average Bonchev–Trinajstić information content (AvgIpc) is 2.13. The zero-order chi connectivity index (χ0) is 14.1. The highest BCUT2D eigenvalue weighted by Gasteiger charge is 2.34. The minimum absolute atomic E-state index is 0.165. The fraction of sp³-hybridized carbons (Fsp3) is 0.375. The van der Waals surface area contributed by atoms with Crippen molar-refractivity contribution >= 4 is 10.0 Å². The van der Waals surface area contributed by atoms with E-state index in [1.54, 1.807) is 0 Å². The molecule has 1 heterocycles. The molecule has 0 saturated heterocycles. The highest BCUT2D eigenvalue weighted by atomic mass is 32.2. The second-order valence-electron chi connectivity index (χ2n) is 3.18. The van der Waals surface area contributed by atoms with Gasteiger partial charge in [-0.2, -0.15) is 0 Å². The molecule has 0 radical (unpaired) electrons. The van der Waals surface area contributed by atoms with Crippen LogP contribution in [-0.2, 0) is 10.0 Å². The molecule has 0 aromatic carbocycles. The van der Waals surface area contributed by atoms with Gasteiger partial charge in [0.05, 0.1) is 13.3 Å². The monoisotopic (exact) mass is 286 g/mol. The molecular weight excluding hydrogens is 277 g/mol. The molecule has 18 heavy (non-hydrogen) atoms. The zero-order valence-corrected chi connectivity index (χ0v) is 10.1. The van der Waals surface area contributed by atoms with Crippen molar-refractivity contribution in [3.63, 3.8) is 0 Å². The zero-order valence-electron chi connectivity index (χ0n) is 9.28. The Morgan fingerprint density at radius 2 is 1.94 bits per heavy atom. The molecule has 0 spiro atoms. The molecule has 10 heteroatoms. The lowest BCUT2D eigenvalue weighted by atomic mass is 10.3. The summed E-state index contributed by atoms with van der Waals surface area (Å²) >= 11 is 0. The first-order chi connectivity index (χ1) is 8.06. The van der Waals surface area contributed by atoms with Gasteiger partial charge in [-0.1, -0.05) is 0 Å². The number of halogens is 3. The van der Waals surface area contributed by atoms with Crippen LogP contribution >= 0.6 is 0 Å². The lowest BCUT2D eigenvalue weighted by Crippen LogP contribution is -2.20. The van der Waals surface area contributed by atoms with E-state index in [2.05, 4.69) is 14.5 Å². The minimum atomic E-state index is -4.94. The number of ether oxygens (including phenoxy) is 2. The van der Waals surface area contributed by atoms with E-state index in [1.165, 1.54) is 6.92 Å². The Kier molecular flexibility index (Phi) is 3.72. The third-order valence-electron chi connectivity index (χ3n) is 1.88. The number of primary sulfonamides is 1. The number of rotatable bonds is 3. The van der Waals surface area contributed by atoms with Crippen molar-refractivity contribution in [2.45, 2.75) is 18.3 Å². The number of nitrogens with zero attached hydrogens (tertiary/aromatic N) is 1. The van der Waals surface area contributed by atoms with Gasteiger partial charge in [-0.15, -0.1) is 13.2 Å². The summed E-state index contributed by atoms with van der Waals surface area (Å²) in [6, 6.07) is 0. The Labute approximate surface area is 101 Å². The van der Waals surface area contributed by atoms with Gasteiger partial charge in [-0.25, -0.2) is 18.5 Å². The summed E-state index contributed by atoms with van der Waals surface area (Å²) in [5.74, 6) is -1.14. The maximum Gasteiger partial charge on any atom is 0.573 e. The van der Waals surface area contributed by atoms with E-state index in [4.69, 9.17) is 5.14 Å². The Balaban J connectivity index is 3.39. The normalized spacial score (nSPS) is 12.3. The van der Waals surface area contributed by atoms with Crippen LogP contribution < -0.4 is 14.6 Å². The predicted molar refractivity (Wildman–Crippen MR) is 53.6 cm³/mol. The smallest absolute Gasteiger partial charge is 0.492 e. The van der Waals surface area contributed by atoms with Crippen molar-refractivity contribution in [1.82, 2.24) is 4.98 Å². The number of nitrogens with two attached hydrogens (primary N) is 1. The minimum Gasteiger partial charge on any atom is -0.492 e. The Bertz CT molecular complexity index is 556. The highest BCUT2D eigenvalue weighted by Crippen LogP contribution is 2.35. The predicted octanol–water partition coefficient (Wildman–Crippen LogP) is 0.945. The second kappa shape index (κ2) is 4.61. The van der Waals surface area contributed by atoms with Crippen molar-refractivity contribution in [2.24, 2.45) is 5.14 Å². The number of sulfonamides is 1. The van der Waals surface area contributed by atoms with E-state index in [0.29, 0.717) is 6.20 Å². The number of pyridine rings is 1. The van der Waals surface area contributed by atoms with Crippen LogP contribution in [0.2, 0.25) is 0 Å². The maximum absolute atomic E-state index is 12.1. The van der Waals surface area contributed by atoms with Crippen molar-refractivity contribution in [3.05, 3.63) is 11.8 Å². The van der Waals surface area contributed by atoms with Crippen LogP contribution in [-0.4, -0.2) is 26.9 Å². The molecule has 0 atom stereocenters. The molecule has 0 bridgehead atoms. The lowest BCUT2D eigenvalue weighted by Gasteiger charge is -2.15. The number of hydrogen-bond donors (Lipinski definition) is 1. The molecule has 0 aliphatic carbocycles. The van der Waals surface area contributed by atoms with Crippen LogP contribution in [0.25, 0.3) is 0 Å². The van der Waals surface area contributed by atoms with E-state index in [-0.39, 0.29) is 5.56 Å². The summed E-state index contributed by atoms with van der Waals surface area (Å²) in [6.45, 7) is 1.20. The topological polar surface area (TPSA) is 91.5 Å². The first kappa shape index (κ1) is 14.5. The lowest BCUT2D eigenvalue weighted by molar-refractivity contribution is -0.275. The molecule has 0 unspecified atom stereocenters. The SMILES string of the molecule is COc1c(OC(F)(F)F)cnc(S(N)(=O)=O)c1C. The second-order valence-corrected chi connectivity index (χ2v) is 4.66. The largest absolute Gasteiger partial charge is 0.573 e. The fourth-order valence-electron chi connectivity index (χ4n) is 1.29. The van der Waals surface area contributed by atoms with Crippen LogP contribution in [0.3, 0.4) is 0 Å². The number of methoxy groups -OCH3 is 1. The first-order valence-corrected chi connectivity index (χ1v) is 5.93. The molecule has 1 aromatic heterocycles. The van der Waals surface area contributed by atoms with E-state index >= 15 is 0 Å². The van der Waals surface area contributed by atoms with Crippen LogP contribution in [0, 0.1) is 6.92 Å². The fourth-order valence-corrected chi connectivity index (χ4v) is 2.01. The van der Waals surface area contributed by atoms with Gasteiger partial charge < -0.3 is 9.47 Å². The summed E-state index contributed by atoms with van der Waals surface area (Å²) in [6.07, 6.45) is -4.36. The number of alkyl halides is 3. The number of aromatic nitrogens is 1. The highest BCUT2D eigenvalue weighted by molar-refractivity contribution is 7.89. The van der Waals surface area contributed by atoms with E-state index in [0.717, 1.165) is 7.11 Å². The van der Waals surface area contributed by atoms with Crippen molar-refractivity contribution in [1.29, 1.82) is 0 Å². The van der Waals surface area contributed by atoms with Gasteiger partial charge >= 0.3 is 6.36 Å². The molecule has 1 rings (SSSR count). The van der Waals surface area contributed by atoms with Gasteiger partial charge in [0, 0.05) is 5.56 Å². The number of hydrogen-bond acceptors (Lipinski definition) is 5. The molecule has 0 amide bonds. The van der Waals surface area contributed by atoms with Gasteiger partial charge in [-0.05, 0) is 6.92 Å². The Hall–Kier alpha value is -1.55. The van der Waals surface area contributed by atoms with E-state index < -0.39 is 32.9 Å². The average molecular weight is 286 g/mol. The van der Waals surface area contributed by atoms with Crippen LogP contribution in [0.1, 0.15) is 5.56 Å². The Morgan fingerprint density at radius 3 is 2.33 bits per heavy atom.